The third-order valence-electron chi connectivity index (χ3n) is 3.03. The fourth-order valence-corrected chi connectivity index (χ4v) is 2.12. The molecule has 1 unspecified atom stereocenters. The molecule has 2 rings (SSSR count). The molecule has 0 aliphatic rings. The lowest BCUT2D eigenvalue weighted by molar-refractivity contribution is 0.0400. The second-order valence-electron chi connectivity index (χ2n) is 5.19. The molecule has 114 valence electrons. The fraction of sp³-hybridized carbons (Fsp3) is 0.467. The van der Waals surface area contributed by atoms with E-state index in [0.29, 0.717) is 31.4 Å². The Hall–Kier alpha value is -1.76. The van der Waals surface area contributed by atoms with Crippen LogP contribution in [-0.2, 0) is 11.3 Å². The number of aromatic nitrogens is 2. The van der Waals surface area contributed by atoms with Crippen LogP contribution in [0.3, 0.4) is 0 Å². The lowest BCUT2D eigenvalue weighted by atomic mass is 10.1. The Morgan fingerprint density at radius 3 is 2.95 bits per heavy atom. The van der Waals surface area contributed by atoms with E-state index in [1.165, 1.54) is 0 Å². The zero-order chi connectivity index (χ0) is 15.2. The lowest BCUT2D eigenvalue weighted by Gasteiger charge is -2.17. The normalized spacial score (nSPS) is 12.8. The molecule has 2 aromatic rings. The fourth-order valence-electron chi connectivity index (χ4n) is 2.12. The SMILES string of the molecule is COCC(O)CN(C)Cc1nc(-c2cccc(C)c2)no1. The van der Waals surface area contributed by atoms with Crippen molar-refractivity contribution < 1.29 is 14.4 Å². The number of likely N-dealkylation sites (N-methyl/N-ethyl adjacent to an activating group) is 1. The van der Waals surface area contributed by atoms with Crippen LogP contribution >= 0.6 is 0 Å². The Labute approximate surface area is 124 Å². The highest BCUT2D eigenvalue weighted by Gasteiger charge is 2.13. The number of hydrogen-bond acceptors (Lipinski definition) is 6. The number of aliphatic hydroxyl groups is 1. The van der Waals surface area contributed by atoms with Gasteiger partial charge in [-0.3, -0.25) is 4.90 Å². The third kappa shape index (κ3) is 4.63. The number of hydrogen-bond donors (Lipinski definition) is 1. The van der Waals surface area contributed by atoms with Crippen molar-refractivity contribution in [3.05, 3.63) is 35.7 Å². The van der Waals surface area contributed by atoms with Crippen LogP contribution in [-0.4, -0.2) is 53.6 Å². The molecule has 21 heavy (non-hydrogen) atoms. The van der Waals surface area contributed by atoms with Crippen molar-refractivity contribution in [2.75, 3.05) is 27.3 Å². The van der Waals surface area contributed by atoms with Crippen molar-refractivity contribution in [1.82, 2.24) is 15.0 Å². The molecule has 0 radical (unpaired) electrons. The summed E-state index contributed by atoms with van der Waals surface area (Å²) in [6.45, 7) is 3.30. The van der Waals surface area contributed by atoms with E-state index >= 15 is 0 Å². The van der Waals surface area contributed by atoms with E-state index in [0.717, 1.165) is 11.1 Å². The largest absolute Gasteiger partial charge is 0.389 e. The van der Waals surface area contributed by atoms with Gasteiger partial charge in [0.1, 0.15) is 0 Å². The zero-order valence-corrected chi connectivity index (χ0v) is 12.6. The van der Waals surface area contributed by atoms with Crippen LogP contribution in [0.1, 0.15) is 11.5 Å². The van der Waals surface area contributed by atoms with Gasteiger partial charge in [-0.25, -0.2) is 0 Å². The molecule has 1 atom stereocenters. The van der Waals surface area contributed by atoms with Crippen LogP contribution in [0.15, 0.2) is 28.8 Å². The number of aliphatic hydroxyl groups excluding tert-OH is 1. The molecule has 0 aliphatic carbocycles. The molecule has 1 aromatic carbocycles. The summed E-state index contributed by atoms with van der Waals surface area (Å²) >= 11 is 0. The van der Waals surface area contributed by atoms with Crippen LogP contribution in [0.25, 0.3) is 11.4 Å². The topological polar surface area (TPSA) is 71.6 Å². The van der Waals surface area contributed by atoms with E-state index in [4.69, 9.17) is 9.26 Å². The molecule has 6 heteroatoms. The van der Waals surface area contributed by atoms with Crippen molar-refractivity contribution in [1.29, 1.82) is 0 Å². The highest BCUT2D eigenvalue weighted by molar-refractivity contribution is 5.55. The summed E-state index contributed by atoms with van der Waals surface area (Å²) in [4.78, 5) is 6.30. The summed E-state index contributed by atoms with van der Waals surface area (Å²) in [6, 6.07) is 7.96. The van der Waals surface area contributed by atoms with Crippen molar-refractivity contribution >= 4 is 0 Å². The Morgan fingerprint density at radius 2 is 2.24 bits per heavy atom. The highest BCUT2D eigenvalue weighted by Crippen LogP contribution is 2.17. The van der Waals surface area contributed by atoms with Crippen LogP contribution in [0.5, 0.6) is 0 Å². The average molecular weight is 291 g/mol. The molecular weight excluding hydrogens is 270 g/mol. The molecule has 0 aliphatic heterocycles. The predicted molar refractivity (Wildman–Crippen MR) is 78.7 cm³/mol. The summed E-state index contributed by atoms with van der Waals surface area (Å²) in [5.41, 5.74) is 2.09. The van der Waals surface area contributed by atoms with Gasteiger partial charge in [-0.05, 0) is 20.0 Å². The maximum atomic E-state index is 9.68. The predicted octanol–water partition coefficient (Wildman–Crippen LogP) is 1.48. The minimum absolute atomic E-state index is 0.308. The summed E-state index contributed by atoms with van der Waals surface area (Å²) < 4.78 is 10.2. The molecule has 0 spiro atoms. The maximum Gasteiger partial charge on any atom is 0.241 e. The molecule has 1 aromatic heterocycles. The van der Waals surface area contributed by atoms with E-state index in [1.807, 2.05) is 43.1 Å². The molecule has 0 amide bonds. The van der Waals surface area contributed by atoms with E-state index in [2.05, 4.69) is 10.1 Å². The summed E-state index contributed by atoms with van der Waals surface area (Å²) in [5, 5.41) is 13.7. The minimum Gasteiger partial charge on any atom is -0.389 e. The van der Waals surface area contributed by atoms with Crippen molar-refractivity contribution in [3.8, 4) is 11.4 Å². The van der Waals surface area contributed by atoms with Crippen molar-refractivity contribution in [3.63, 3.8) is 0 Å². The first kappa shape index (κ1) is 15.6. The lowest BCUT2D eigenvalue weighted by Crippen LogP contribution is -2.31. The summed E-state index contributed by atoms with van der Waals surface area (Å²) in [7, 11) is 3.45. The van der Waals surface area contributed by atoms with Gasteiger partial charge in [0.05, 0.1) is 19.3 Å². The minimum atomic E-state index is -0.529. The van der Waals surface area contributed by atoms with Gasteiger partial charge in [-0.15, -0.1) is 0 Å². The number of rotatable bonds is 7. The Morgan fingerprint density at radius 1 is 1.43 bits per heavy atom. The van der Waals surface area contributed by atoms with Crippen LogP contribution in [0.2, 0.25) is 0 Å². The number of benzene rings is 1. The Kier molecular flexibility index (Phi) is 5.44. The molecule has 1 N–H and O–H groups in total. The monoisotopic (exact) mass is 291 g/mol. The molecular formula is C15H21N3O3. The molecule has 1 heterocycles. The quantitative estimate of drug-likeness (QED) is 0.833. The van der Waals surface area contributed by atoms with Crippen LogP contribution in [0.4, 0.5) is 0 Å². The van der Waals surface area contributed by atoms with Gasteiger partial charge < -0.3 is 14.4 Å². The summed E-state index contributed by atoms with van der Waals surface area (Å²) in [5.74, 6) is 1.11. The number of nitrogens with zero attached hydrogens (tertiary/aromatic N) is 3. The highest BCUT2D eigenvalue weighted by atomic mass is 16.5. The smallest absolute Gasteiger partial charge is 0.241 e. The molecule has 0 fully saturated rings. The van der Waals surface area contributed by atoms with Crippen molar-refractivity contribution in [2.45, 2.75) is 19.6 Å². The maximum absolute atomic E-state index is 9.68. The van der Waals surface area contributed by atoms with Gasteiger partial charge in [-0.2, -0.15) is 4.98 Å². The molecule has 0 saturated carbocycles. The van der Waals surface area contributed by atoms with Crippen molar-refractivity contribution in [2.24, 2.45) is 0 Å². The Balaban J connectivity index is 1.97. The first-order valence-corrected chi connectivity index (χ1v) is 6.83. The molecule has 0 bridgehead atoms. The first-order valence-electron chi connectivity index (χ1n) is 6.83. The van der Waals surface area contributed by atoms with E-state index in [-0.39, 0.29) is 0 Å². The van der Waals surface area contributed by atoms with Gasteiger partial charge in [0.15, 0.2) is 0 Å². The van der Waals surface area contributed by atoms with E-state index in [9.17, 15) is 5.11 Å². The van der Waals surface area contributed by atoms with Gasteiger partial charge >= 0.3 is 0 Å². The van der Waals surface area contributed by atoms with Crippen LogP contribution in [0, 0.1) is 6.92 Å². The number of methoxy groups -OCH3 is 1. The van der Waals surface area contributed by atoms with Gasteiger partial charge in [0.25, 0.3) is 0 Å². The third-order valence-corrected chi connectivity index (χ3v) is 3.03. The number of ether oxygens (including phenoxy) is 1. The first-order chi connectivity index (χ1) is 10.1. The second kappa shape index (κ2) is 7.31. The van der Waals surface area contributed by atoms with Gasteiger partial charge in [-0.1, -0.05) is 28.9 Å². The number of aryl methyl sites for hydroxylation is 1. The zero-order valence-electron chi connectivity index (χ0n) is 12.6. The second-order valence-corrected chi connectivity index (χ2v) is 5.19. The molecule has 6 nitrogen and oxygen atoms in total. The summed E-state index contributed by atoms with van der Waals surface area (Å²) in [6.07, 6.45) is -0.529. The average Bonchev–Trinajstić information content (AvgIpc) is 2.87. The van der Waals surface area contributed by atoms with Gasteiger partial charge in [0.2, 0.25) is 11.7 Å². The standard InChI is InChI=1S/C15H21N3O3/c1-11-5-4-6-12(7-11)15-16-14(21-17-15)9-18(2)8-13(19)10-20-3/h4-7,13,19H,8-10H2,1-3H3. The Bertz CT molecular complexity index is 571. The van der Waals surface area contributed by atoms with Crippen LogP contribution < -0.4 is 0 Å². The van der Waals surface area contributed by atoms with E-state index in [1.54, 1.807) is 7.11 Å². The molecule has 0 saturated heterocycles. The van der Waals surface area contributed by atoms with E-state index < -0.39 is 6.10 Å². The van der Waals surface area contributed by atoms with Gasteiger partial charge in [0, 0.05) is 19.2 Å².